The second kappa shape index (κ2) is 6.57. The first-order valence-electron chi connectivity index (χ1n) is 6.87. The van der Waals surface area contributed by atoms with E-state index < -0.39 is 0 Å². The lowest BCUT2D eigenvalue weighted by atomic mass is 10.1. The summed E-state index contributed by atoms with van der Waals surface area (Å²) in [6.07, 6.45) is 1.50. The Morgan fingerprint density at radius 2 is 2.26 bits per heavy atom. The van der Waals surface area contributed by atoms with E-state index in [9.17, 15) is 9.90 Å². The van der Waals surface area contributed by atoms with E-state index in [1.54, 1.807) is 4.90 Å². The number of amides is 1. The summed E-state index contributed by atoms with van der Waals surface area (Å²) < 4.78 is 5.55. The molecule has 1 fully saturated rings. The van der Waals surface area contributed by atoms with Gasteiger partial charge in [-0.25, -0.2) is 0 Å². The molecule has 0 radical (unpaired) electrons. The van der Waals surface area contributed by atoms with Gasteiger partial charge >= 0.3 is 0 Å². The van der Waals surface area contributed by atoms with Crippen molar-refractivity contribution in [2.45, 2.75) is 32.3 Å². The van der Waals surface area contributed by atoms with E-state index in [0.29, 0.717) is 39.0 Å². The first-order valence-corrected chi connectivity index (χ1v) is 6.87. The average Bonchev–Trinajstić information content (AvgIpc) is 2.84. The van der Waals surface area contributed by atoms with Crippen LogP contribution in [0, 0.1) is 0 Å². The van der Waals surface area contributed by atoms with Crippen LogP contribution in [0.3, 0.4) is 0 Å². The number of carbonyl (C=O) groups is 1. The van der Waals surface area contributed by atoms with Crippen molar-refractivity contribution in [3.8, 4) is 5.75 Å². The molecule has 0 aromatic heterocycles. The fourth-order valence-corrected chi connectivity index (χ4v) is 2.37. The van der Waals surface area contributed by atoms with Crippen LogP contribution in [0.4, 0.5) is 0 Å². The van der Waals surface area contributed by atoms with Gasteiger partial charge in [-0.3, -0.25) is 4.79 Å². The molecule has 0 aliphatic carbocycles. The molecule has 1 atom stereocenters. The fraction of sp³-hybridized carbons (Fsp3) is 0.533. The predicted molar refractivity (Wildman–Crippen MR) is 73.1 cm³/mol. The summed E-state index contributed by atoms with van der Waals surface area (Å²) in [7, 11) is 0. The number of benzene rings is 1. The number of hydrogen-bond acceptors (Lipinski definition) is 3. The van der Waals surface area contributed by atoms with Crippen LogP contribution in [0.25, 0.3) is 0 Å². The van der Waals surface area contributed by atoms with Gasteiger partial charge in [0.25, 0.3) is 0 Å². The molecule has 1 N–H and O–H groups in total. The number of β-amino-alcohol motifs (C(OH)–C–C–N with tert-alkyl or cyclic N) is 1. The zero-order valence-corrected chi connectivity index (χ0v) is 11.3. The molecule has 1 saturated heterocycles. The summed E-state index contributed by atoms with van der Waals surface area (Å²) in [5.74, 6) is 0.974. The molecule has 104 valence electrons. The van der Waals surface area contributed by atoms with E-state index in [4.69, 9.17) is 4.74 Å². The standard InChI is InChI=1S/C15H21NO3/c1-2-19-14-6-4-3-5-12(14)7-8-15(18)16-10-9-13(17)11-16/h3-6,13,17H,2,7-11H2,1H3. The van der Waals surface area contributed by atoms with Crippen molar-refractivity contribution in [2.75, 3.05) is 19.7 Å². The summed E-state index contributed by atoms with van der Waals surface area (Å²) in [4.78, 5) is 13.8. The number of likely N-dealkylation sites (tertiary alicyclic amines) is 1. The third-order valence-corrected chi connectivity index (χ3v) is 3.40. The molecule has 1 amide bonds. The molecule has 0 spiro atoms. The first kappa shape index (κ1) is 13.9. The van der Waals surface area contributed by atoms with E-state index in [1.165, 1.54) is 0 Å². The van der Waals surface area contributed by atoms with Crippen molar-refractivity contribution in [3.05, 3.63) is 29.8 Å². The van der Waals surface area contributed by atoms with Crippen molar-refractivity contribution in [2.24, 2.45) is 0 Å². The van der Waals surface area contributed by atoms with Crippen molar-refractivity contribution in [1.29, 1.82) is 0 Å². The molecule has 1 unspecified atom stereocenters. The maximum absolute atomic E-state index is 12.0. The lowest BCUT2D eigenvalue weighted by Crippen LogP contribution is -2.29. The highest BCUT2D eigenvalue weighted by Crippen LogP contribution is 2.20. The van der Waals surface area contributed by atoms with Gasteiger partial charge in [-0.15, -0.1) is 0 Å². The van der Waals surface area contributed by atoms with Crippen LogP contribution < -0.4 is 4.74 Å². The van der Waals surface area contributed by atoms with E-state index >= 15 is 0 Å². The maximum Gasteiger partial charge on any atom is 0.222 e. The number of aryl methyl sites for hydroxylation is 1. The van der Waals surface area contributed by atoms with Crippen LogP contribution in [0.15, 0.2) is 24.3 Å². The molecule has 1 aromatic carbocycles. The molecule has 0 bridgehead atoms. The smallest absolute Gasteiger partial charge is 0.222 e. The summed E-state index contributed by atoms with van der Waals surface area (Å²) in [5, 5.41) is 9.43. The van der Waals surface area contributed by atoms with Gasteiger partial charge in [0.05, 0.1) is 12.7 Å². The summed E-state index contributed by atoms with van der Waals surface area (Å²) >= 11 is 0. The zero-order chi connectivity index (χ0) is 13.7. The predicted octanol–water partition coefficient (Wildman–Crippen LogP) is 1.61. The van der Waals surface area contributed by atoms with E-state index in [2.05, 4.69) is 0 Å². The number of para-hydroxylation sites is 1. The largest absolute Gasteiger partial charge is 0.494 e. The molecule has 2 rings (SSSR count). The number of hydrogen-bond donors (Lipinski definition) is 1. The minimum absolute atomic E-state index is 0.114. The van der Waals surface area contributed by atoms with Crippen LogP contribution in [0.2, 0.25) is 0 Å². The molecule has 1 aliphatic heterocycles. The lowest BCUT2D eigenvalue weighted by molar-refractivity contribution is -0.130. The van der Waals surface area contributed by atoms with Crippen molar-refractivity contribution in [3.63, 3.8) is 0 Å². The molecule has 1 aromatic rings. The molecular weight excluding hydrogens is 242 g/mol. The van der Waals surface area contributed by atoms with Gasteiger partial charge in [0.1, 0.15) is 5.75 Å². The molecule has 19 heavy (non-hydrogen) atoms. The second-order valence-corrected chi connectivity index (χ2v) is 4.82. The Bertz CT molecular complexity index is 433. The highest BCUT2D eigenvalue weighted by atomic mass is 16.5. The number of nitrogens with zero attached hydrogens (tertiary/aromatic N) is 1. The Morgan fingerprint density at radius 1 is 1.47 bits per heavy atom. The van der Waals surface area contributed by atoms with Crippen LogP contribution >= 0.6 is 0 Å². The van der Waals surface area contributed by atoms with Crippen LogP contribution in [-0.2, 0) is 11.2 Å². The molecule has 4 heteroatoms. The van der Waals surface area contributed by atoms with Crippen LogP contribution in [0.1, 0.15) is 25.3 Å². The minimum atomic E-state index is -0.348. The van der Waals surface area contributed by atoms with E-state index in [0.717, 1.165) is 11.3 Å². The topological polar surface area (TPSA) is 49.8 Å². The summed E-state index contributed by atoms with van der Waals surface area (Å²) in [5.41, 5.74) is 1.07. The normalized spacial score (nSPS) is 18.6. The molecule has 0 saturated carbocycles. The SMILES string of the molecule is CCOc1ccccc1CCC(=O)N1CCC(O)C1. The number of ether oxygens (including phenoxy) is 1. The summed E-state index contributed by atoms with van der Waals surface area (Å²) in [6, 6.07) is 7.83. The van der Waals surface area contributed by atoms with E-state index in [-0.39, 0.29) is 12.0 Å². The Labute approximate surface area is 114 Å². The molecule has 1 aliphatic rings. The van der Waals surface area contributed by atoms with Crippen LogP contribution in [0.5, 0.6) is 5.75 Å². The third kappa shape index (κ3) is 3.70. The van der Waals surface area contributed by atoms with E-state index in [1.807, 2.05) is 31.2 Å². The number of aliphatic hydroxyl groups is 1. The number of carbonyl (C=O) groups excluding carboxylic acids is 1. The molecular formula is C15H21NO3. The zero-order valence-electron chi connectivity index (χ0n) is 11.3. The van der Waals surface area contributed by atoms with Gasteiger partial charge in [0, 0.05) is 19.5 Å². The van der Waals surface area contributed by atoms with Gasteiger partial charge in [0.2, 0.25) is 5.91 Å². The van der Waals surface area contributed by atoms with Crippen molar-refractivity contribution >= 4 is 5.91 Å². The highest BCUT2D eigenvalue weighted by Gasteiger charge is 2.24. The Kier molecular flexibility index (Phi) is 4.80. The van der Waals surface area contributed by atoms with Crippen LogP contribution in [-0.4, -0.2) is 41.7 Å². The maximum atomic E-state index is 12.0. The minimum Gasteiger partial charge on any atom is -0.494 e. The number of aliphatic hydroxyl groups excluding tert-OH is 1. The van der Waals surface area contributed by atoms with Gasteiger partial charge in [-0.1, -0.05) is 18.2 Å². The Morgan fingerprint density at radius 3 is 2.95 bits per heavy atom. The van der Waals surface area contributed by atoms with Gasteiger partial charge in [0.15, 0.2) is 0 Å². The highest BCUT2D eigenvalue weighted by molar-refractivity contribution is 5.76. The van der Waals surface area contributed by atoms with Crippen molar-refractivity contribution < 1.29 is 14.6 Å². The fourth-order valence-electron chi connectivity index (χ4n) is 2.37. The van der Waals surface area contributed by atoms with Crippen molar-refractivity contribution in [1.82, 2.24) is 4.90 Å². The first-order chi connectivity index (χ1) is 9.20. The Hall–Kier alpha value is -1.55. The van der Waals surface area contributed by atoms with Gasteiger partial charge in [-0.2, -0.15) is 0 Å². The molecule has 1 heterocycles. The number of rotatable bonds is 5. The third-order valence-electron chi connectivity index (χ3n) is 3.40. The Balaban J connectivity index is 1.89. The van der Waals surface area contributed by atoms with Gasteiger partial charge in [-0.05, 0) is 31.4 Å². The van der Waals surface area contributed by atoms with Gasteiger partial charge < -0.3 is 14.7 Å². The lowest BCUT2D eigenvalue weighted by Gasteiger charge is -2.16. The average molecular weight is 263 g/mol. The quantitative estimate of drug-likeness (QED) is 0.878. The molecule has 4 nitrogen and oxygen atoms in total. The second-order valence-electron chi connectivity index (χ2n) is 4.82. The monoisotopic (exact) mass is 263 g/mol. The summed E-state index contributed by atoms with van der Waals surface area (Å²) in [6.45, 7) is 3.73.